The number of ether oxygens (including phenoxy) is 2. The van der Waals surface area contributed by atoms with E-state index < -0.39 is 11.9 Å². The number of aryl methyl sites for hydroxylation is 1. The molecule has 0 bridgehead atoms. The molecule has 2 N–H and O–H groups in total. The maximum absolute atomic E-state index is 13.3. The summed E-state index contributed by atoms with van der Waals surface area (Å²) in [5, 5.41) is 5.56. The minimum absolute atomic E-state index is 0.271. The summed E-state index contributed by atoms with van der Waals surface area (Å²) >= 11 is 8.75. The van der Waals surface area contributed by atoms with Gasteiger partial charge in [-0.2, -0.15) is 5.10 Å². The Hall–Kier alpha value is -4.15. The van der Waals surface area contributed by atoms with E-state index in [0.717, 1.165) is 25.6 Å². The van der Waals surface area contributed by atoms with Crippen molar-refractivity contribution in [2.24, 2.45) is 5.10 Å². The van der Waals surface area contributed by atoms with Crippen LogP contribution in [0.4, 0.5) is 0 Å². The monoisotopic (exact) mass is 663 g/mol. The molecule has 0 aliphatic carbocycles. The summed E-state index contributed by atoms with van der Waals surface area (Å²) in [5.74, 6) is -0.291. The molecular weight excluding hydrogens is 641 g/mol. The number of carbonyl (C=O) groups excluding carboxylic acids is 2. The molecule has 1 aromatic heterocycles. The second-order valence-corrected chi connectivity index (χ2v) is 10.6. The predicted molar refractivity (Wildman–Crippen MR) is 166 cm³/mol. The van der Waals surface area contributed by atoms with E-state index in [9.17, 15) is 9.59 Å². The average molecular weight is 664 g/mol. The molecule has 7 nitrogen and oxygen atoms in total. The molecule has 1 heterocycles. The summed E-state index contributed by atoms with van der Waals surface area (Å²) in [6.45, 7) is 1.90. The van der Waals surface area contributed by atoms with Gasteiger partial charge in [-0.1, -0.05) is 47.5 Å². The van der Waals surface area contributed by atoms with Gasteiger partial charge in [0, 0.05) is 30.6 Å². The molecule has 40 heavy (non-hydrogen) atoms. The number of H-pyrrole nitrogens is 1. The highest BCUT2D eigenvalue weighted by Gasteiger charge is 2.21. The van der Waals surface area contributed by atoms with E-state index in [1.54, 1.807) is 42.5 Å². The number of hydrogen-bond acceptors (Lipinski definition) is 5. The fourth-order valence-electron chi connectivity index (χ4n) is 4.28. The number of halogens is 2. The molecule has 0 atom stereocenters. The maximum Gasteiger partial charge on any atom is 0.343 e. The summed E-state index contributed by atoms with van der Waals surface area (Å²) in [5.41, 5.74) is 7.22. The molecule has 0 unspecified atom stereocenters. The number of rotatable bonds is 7. The Morgan fingerprint density at radius 3 is 2.58 bits per heavy atom. The first-order valence-corrected chi connectivity index (χ1v) is 13.7. The molecule has 5 aromatic rings. The molecule has 1 amide bonds. The third kappa shape index (κ3) is 5.88. The zero-order chi connectivity index (χ0) is 28.2. The largest absolute Gasteiger partial charge is 0.493 e. The quantitative estimate of drug-likeness (QED) is 0.0625. The van der Waals surface area contributed by atoms with Gasteiger partial charge in [0.15, 0.2) is 11.5 Å². The van der Waals surface area contributed by atoms with Crippen LogP contribution in [0.3, 0.4) is 0 Å². The van der Waals surface area contributed by atoms with E-state index in [-0.39, 0.29) is 5.75 Å². The lowest BCUT2D eigenvalue weighted by Crippen LogP contribution is -2.19. The van der Waals surface area contributed by atoms with E-state index in [1.165, 1.54) is 13.3 Å². The molecule has 5 rings (SSSR count). The number of aromatic nitrogens is 1. The molecule has 9 heteroatoms. The zero-order valence-electron chi connectivity index (χ0n) is 21.5. The molecule has 0 aliphatic heterocycles. The van der Waals surface area contributed by atoms with Crippen molar-refractivity contribution < 1.29 is 19.1 Å². The van der Waals surface area contributed by atoms with Gasteiger partial charge >= 0.3 is 5.97 Å². The van der Waals surface area contributed by atoms with Gasteiger partial charge in [-0.3, -0.25) is 4.79 Å². The number of fused-ring (bicyclic) bond motifs is 1. The van der Waals surface area contributed by atoms with Crippen LogP contribution in [0.1, 0.15) is 32.0 Å². The molecule has 0 fully saturated rings. The van der Waals surface area contributed by atoms with Crippen LogP contribution in [0.25, 0.3) is 22.0 Å². The third-order valence-corrected chi connectivity index (χ3v) is 7.16. The van der Waals surface area contributed by atoms with Crippen LogP contribution in [0.2, 0.25) is 5.02 Å². The van der Waals surface area contributed by atoms with E-state index >= 15 is 0 Å². The van der Waals surface area contributed by atoms with Crippen LogP contribution < -0.4 is 14.9 Å². The second kappa shape index (κ2) is 11.9. The van der Waals surface area contributed by atoms with E-state index in [4.69, 9.17) is 21.1 Å². The van der Waals surface area contributed by atoms with Crippen molar-refractivity contribution in [1.82, 2.24) is 10.4 Å². The number of nitrogens with zero attached hydrogens (tertiary/aromatic N) is 1. The fourth-order valence-corrected chi connectivity index (χ4v) is 5.00. The Bertz CT molecular complexity index is 1780. The first-order valence-electron chi connectivity index (χ1n) is 12.2. The van der Waals surface area contributed by atoms with Gasteiger partial charge in [0.05, 0.1) is 18.9 Å². The summed E-state index contributed by atoms with van der Waals surface area (Å²) < 4.78 is 12.0. The second-order valence-electron chi connectivity index (χ2n) is 8.91. The minimum Gasteiger partial charge on any atom is -0.493 e. The molecule has 4 aromatic carbocycles. The van der Waals surface area contributed by atoms with E-state index in [0.29, 0.717) is 33.2 Å². The van der Waals surface area contributed by atoms with Crippen molar-refractivity contribution in [2.75, 3.05) is 7.11 Å². The number of hydrazone groups is 1. The van der Waals surface area contributed by atoms with E-state index in [2.05, 4.69) is 38.1 Å². The van der Waals surface area contributed by atoms with Crippen LogP contribution in [-0.4, -0.2) is 30.2 Å². The van der Waals surface area contributed by atoms with Crippen LogP contribution in [0, 0.1) is 10.5 Å². The number of benzene rings is 4. The summed E-state index contributed by atoms with van der Waals surface area (Å²) in [6, 6.07) is 25.4. The number of nitrogens with one attached hydrogen (secondary N) is 2. The topological polar surface area (TPSA) is 92.8 Å². The highest BCUT2D eigenvalue weighted by atomic mass is 127. The van der Waals surface area contributed by atoms with Gasteiger partial charge in [-0.25, -0.2) is 10.2 Å². The smallest absolute Gasteiger partial charge is 0.343 e. The lowest BCUT2D eigenvalue weighted by Gasteiger charge is -2.10. The van der Waals surface area contributed by atoms with Gasteiger partial charge in [0.25, 0.3) is 5.91 Å². The Morgan fingerprint density at radius 1 is 0.975 bits per heavy atom. The van der Waals surface area contributed by atoms with Gasteiger partial charge in [0.2, 0.25) is 0 Å². The molecule has 0 spiro atoms. The number of aromatic amines is 1. The fraction of sp³-hybridized carbons (Fsp3) is 0.0645. The highest BCUT2D eigenvalue weighted by Crippen LogP contribution is 2.37. The molecule has 200 valence electrons. The maximum atomic E-state index is 13.3. The number of methoxy groups -OCH3 is 1. The Balaban J connectivity index is 1.37. The van der Waals surface area contributed by atoms with Crippen LogP contribution in [-0.2, 0) is 0 Å². The first kappa shape index (κ1) is 27.4. The lowest BCUT2D eigenvalue weighted by molar-refractivity contribution is 0.0729. The molecule has 0 saturated carbocycles. The van der Waals surface area contributed by atoms with Crippen molar-refractivity contribution in [2.45, 2.75) is 6.92 Å². The number of esters is 1. The van der Waals surface area contributed by atoms with Gasteiger partial charge in [-0.15, -0.1) is 0 Å². The van der Waals surface area contributed by atoms with Gasteiger partial charge in [-0.05, 0) is 89.7 Å². The molecule has 0 aliphatic rings. The van der Waals surface area contributed by atoms with Gasteiger partial charge in [0.1, 0.15) is 5.69 Å². The van der Waals surface area contributed by atoms with Crippen molar-refractivity contribution in [1.29, 1.82) is 0 Å². The zero-order valence-corrected chi connectivity index (χ0v) is 24.4. The standard InChI is InChI=1S/C31H23ClIN3O4/c1-18-6-5-7-20(14-18)31(38)40-26-13-10-19(15-27(26)39-2)17-34-36-30(37)29-28(22-8-3-4-9-24(22)32)23-16-21(33)11-12-25(23)35-29/h3-17,35H,1-2H3,(H,36,37). The number of amides is 1. The Kier molecular flexibility index (Phi) is 8.18. The van der Waals surface area contributed by atoms with Crippen LogP contribution in [0.15, 0.2) is 90.0 Å². The van der Waals surface area contributed by atoms with Crippen LogP contribution >= 0.6 is 34.2 Å². The molecule has 0 saturated heterocycles. The average Bonchev–Trinajstić information content (AvgIpc) is 3.32. The van der Waals surface area contributed by atoms with Crippen molar-refractivity contribution in [3.05, 3.63) is 116 Å². The highest BCUT2D eigenvalue weighted by molar-refractivity contribution is 14.1. The van der Waals surface area contributed by atoms with Crippen molar-refractivity contribution in [3.8, 4) is 22.6 Å². The van der Waals surface area contributed by atoms with Gasteiger partial charge < -0.3 is 14.5 Å². The predicted octanol–water partition coefficient (Wildman–Crippen LogP) is 7.39. The number of carbonyl (C=O) groups is 2. The summed E-state index contributed by atoms with van der Waals surface area (Å²) in [4.78, 5) is 29.1. The molecular formula is C31H23ClIN3O4. The normalized spacial score (nSPS) is 11.1. The SMILES string of the molecule is COc1cc(C=NNC(=O)c2[nH]c3ccc(I)cc3c2-c2ccccc2Cl)ccc1OC(=O)c1cccc(C)c1. The first-order chi connectivity index (χ1) is 19.3. The number of hydrogen-bond donors (Lipinski definition) is 2. The van der Waals surface area contributed by atoms with Crippen LogP contribution in [0.5, 0.6) is 11.5 Å². The minimum atomic E-state index is -0.488. The summed E-state index contributed by atoms with van der Waals surface area (Å²) in [6.07, 6.45) is 1.48. The van der Waals surface area contributed by atoms with Crippen molar-refractivity contribution >= 4 is 63.2 Å². The Labute approximate surface area is 249 Å². The lowest BCUT2D eigenvalue weighted by atomic mass is 10.0. The summed E-state index contributed by atoms with van der Waals surface area (Å²) in [7, 11) is 1.48. The van der Waals surface area contributed by atoms with E-state index in [1.807, 2.05) is 49.4 Å². The Morgan fingerprint density at radius 2 is 1.80 bits per heavy atom. The van der Waals surface area contributed by atoms with Crippen molar-refractivity contribution in [3.63, 3.8) is 0 Å². The third-order valence-electron chi connectivity index (χ3n) is 6.15. The molecule has 0 radical (unpaired) electrons.